The van der Waals surface area contributed by atoms with Gasteiger partial charge in [-0.15, -0.1) is 0 Å². The molecule has 2 aromatic heterocycles. The molecule has 3 heterocycles. The van der Waals surface area contributed by atoms with E-state index in [1.54, 1.807) is 27.2 Å². The van der Waals surface area contributed by atoms with Gasteiger partial charge in [0.1, 0.15) is 18.1 Å². The summed E-state index contributed by atoms with van der Waals surface area (Å²) in [5, 5.41) is 3.01. The van der Waals surface area contributed by atoms with Crippen LogP contribution in [0.5, 0.6) is 0 Å². The Balaban J connectivity index is 1.69. The van der Waals surface area contributed by atoms with Gasteiger partial charge in [-0.2, -0.15) is 0 Å². The fraction of sp³-hybridized carbons (Fsp3) is 0.545. The van der Waals surface area contributed by atoms with Crippen LogP contribution in [0.2, 0.25) is 0 Å². The number of ether oxygens (including phenoxy) is 2. The van der Waals surface area contributed by atoms with E-state index in [9.17, 15) is 9.59 Å². The minimum absolute atomic E-state index is 0.0147. The van der Waals surface area contributed by atoms with Gasteiger partial charge in [-0.3, -0.25) is 9.69 Å². The Morgan fingerprint density at radius 3 is 2.67 bits per heavy atom. The van der Waals surface area contributed by atoms with E-state index in [1.807, 2.05) is 12.1 Å². The van der Waals surface area contributed by atoms with Crippen molar-refractivity contribution in [2.45, 2.75) is 39.2 Å². The Hall–Kier alpha value is -2.58. The van der Waals surface area contributed by atoms with E-state index in [2.05, 4.69) is 15.2 Å². The molecule has 1 aliphatic heterocycles. The maximum Gasteiger partial charge on any atom is 0.340 e. The normalized spacial score (nSPS) is 15.7. The molecule has 1 aliphatic rings. The minimum Gasteiger partial charge on any atom is -0.468 e. The lowest BCUT2D eigenvalue weighted by atomic mass is 10.1. The lowest BCUT2D eigenvalue weighted by Gasteiger charge is -2.33. The van der Waals surface area contributed by atoms with Crippen molar-refractivity contribution in [1.29, 1.82) is 0 Å². The summed E-state index contributed by atoms with van der Waals surface area (Å²) < 4.78 is 15.8. The molecule has 30 heavy (non-hydrogen) atoms. The molecule has 1 fully saturated rings. The number of carbonyl (C=O) groups excluding carboxylic acids is 2. The average Bonchev–Trinajstić information content (AvgIpc) is 3.37. The Kier molecular flexibility index (Phi) is 7.70. The SMILES string of the molecule is COCCOC(=O)c1c(C)[nH]c(C(=O)NCC(c2ccco2)N2CCCCC2)c1C. The quantitative estimate of drug-likeness (QED) is 0.481. The Labute approximate surface area is 176 Å². The van der Waals surface area contributed by atoms with Crippen LogP contribution in [-0.2, 0) is 9.47 Å². The van der Waals surface area contributed by atoms with Crippen LogP contribution in [0.4, 0.5) is 0 Å². The Bertz CT molecular complexity index is 837. The summed E-state index contributed by atoms with van der Waals surface area (Å²) in [6.45, 7) is 6.40. The van der Waals surface area contributed by atoms with E-state index < -0.39 is 5.97 Å². The third kappa shape index (κ3) is 5.12. The van der Waals surface area contributed by atoms with Gasteiger partial charge < -0.3 is 24.2 Å². The summed E-state index contributed by atoms with van der Waals surface area (Å²) in [6, 6.07) is 3.80. The molecule has 0 aromatic carbocycles. The van der Waals surface area contributed by atoms with Gasteiger partial charge in [-0.25, -0.2) is 4.79 Å². The first-order valence-electron chi connectivity index (χ1n) is 10.4. The third-order valence-electron chi connectivity index (χ3n) is 5.55. The smallest absolute Gasteiger partial charge is 0.340 e. The Morgan fingerprint density at radius 1 is 1.23 bits per heavy atom. The van der Waals surface area contributed by atoms with Crippen LogP contribution in [-0.4, -0.2) is 61.7 Å². The maximum absolute atomic E-state index is 12.9. The molecule has 2 N–H and O–H groups in total. The number of nitrogens with one attached hydrogen (secondary N) is 2. The topological polar surface area (TPSA) is 96.8 Å². The van der Waals surface area contributed by atoms with Gasteiger partial charge >= 0.3 is 5.97 Å². The van der Waals surface area contributed by atoms with Crippen LogP contribution >= 0.6 is 0 Å². The number of piperidine rings is 1. The summed E-state index contributed by atoms with van der Waals surface area (Å²) in [6.07, 6.45) is 5.19. The van der Waals surface area contributed by atoms with Crippen LogP contribution < -0.4 is 5.32 Å². The molecule has 1 amide bonds. The maximum atomic E-state index is 12.9. The van der Waals surface area contributed by atoms with Gasteiger partial charge in [0.2, 0.25) is 0 Å². The summed E-state index contributed by atoms with van der Waals surface area (Å²) in [5.74, 6) is 0.137. The Morgan fingerprint density at radius 2 is 2.00 bits per heavy atom. The molecule has 8 nitrogen and oxygen atoms in total. The van der Waals surface area contributed by atoms with Gasteiger partial charge in [0.25, 0.3) is 5.91 Å². The monoisotopic (exact) mass is 417 g/mol. The highest BCUT2D eigenvalue weighted by Gasteiger charge is 2.27. The number of aromatic amines is 1. The minimum atomic E-state index is -0.459. The van der Waals surface area contributed by atoms with E-state index in [-0.39, 0.29) is 18.6 Å². The zero-order valence-corrected chi connectivity index (χ0v) is 18.0. The van der Waals surface area contributed by atoms with Crippen LogP contribution in [0.25, 0.3) is 0 Å². The van der Waals surface area contributed by atoms with Gasteiger partial charge in [0.15, 0.2) is 0 Å². The first-order chi connectivity index (χ1) is 14.5. The molecule has 0 aliphatic carbocycles. The van der Waals surface area contributed by atoms with E-state index in [1.165, 1.54) is 6.42 Å². The molecule has 0 spiro atoms. The average molecular weight is 418 g/mol. The molecule has 1 atom stereocenters. The standard InChI is InChI=1S/C22H31N3O5/c1-15-19(22(27)30-13-12-28-3)16(2)24-20(15)21(26)23-14-17(18-8-7-11-29-18)25-9-5-4-6-10-25/h7-8,11,17,24H,4-6,9-10,12-14H2,1-3H3,(H,23,26). The van der Waals surface area contributed by atoms with Crippen molar-refractivity contribution in [3.05, 3.63) is 46.7 Å². The van der Waals surface area contributed by atoms with E-state index in [0.29, 0.717) is 35.7 Å². The number of aryl methyl sites for hydroxylation is 1. The highest BCUT2D eigenvalue weighted by Crippen LogP contribution is 2.25. The van der Waals surface area contributed by atoms with Gasteiger partial charge in [0, 0.05) is 19.3 Å². The number of amides is 1. The number of hydrogen-bond acceptors (Lipinski definition) is 6. The molecule has 2 aromatic rings. The van der Waals surface area contributed by atoms with Crippen molar-refractivity contribution >= 4 is 11.9 Å². The summed E-state index contributed by atoms with van der Waals surface area (Å²) in [7, 11) is 1.54. The first kappa shape index (κ1) is 22.1. The number of carbonyl (C=O) groups is 2. The van der Waals surface area contributed by atoms with Crippen LogP contribution in [0, 0.1) is 13.8 Å². The number of furan rings is 1. The largest absolute Gasteiger partial charge is 0.468 e. The van der Waals surface area contributed by atoms with Crippen molar-refractivity contribution in [1.82, 2.24) is 15.2 Å². The molecule has 0 bridgehead atoms. The molecule has 0 saturated carbocycles. The van der Waals surface area contributed by atoms with Crippen LogP contribution in [0.15, 0.2) is 22.8 Å². The highest BCUT2D eigenvalue weighted by molar-refractivity contribution is 6.00. The van der Waals surface area contributed by atoms with E-state index in [0.717, 1.165) is 31.7 Å². The molecular weight excluding hydrogens is 386 g/mol. The van der Waals surface area contributed by atoms with Crippen molar-refractivity contribution < 1.29 is 23.5 Å². The van der Waals surface area contributed by atoms with Crippen LogP contribution in [0.3, 0.4) is 0 Å². The number of nitrogens with zero attached hydrogens (tertiary/aromatic N) is 1. The second kappa shape index (κ2) is 10.4. The van der Waals surface area contributed by atoms with E-state index >= 15 is 0 Å². The second-order valence-corrected chi connectivity index (χ2v) is 7.59. The molecule has 1 unspecified atom stereocenters. The number of aromatic nitrogens is 1. The predicted molar refractivity (Wildman–Crippen MR) is 112 cm³/mol. The van der Waals surface area contributed by atoms with Gasteiger partial charge in [-0.1, -0.05) is 6.42 Å². The zero-order valence-electron chi connectivity index (χ0n) is 18.0. The molecule has 164 valence electrons. The van der Waals surface area contributed by atoms with Crippen molar-refractivity contribution in [3.63, 3.8) is 0 Å². The van der Waals surface area contributed by atoms with Gasteiger partial charge in [0.05, 0.1) is 24.5 Å². The summed E-state index contributed by atoms with van der Waals surface area (Å²) >= 11 is 0. The van der Waals surface area contributed by atoms with Gasteiger partial charge in [-0.05, 0) is 57.5 Å². The summed E-state index contributed by atoms with van der Waals surface area (Å²) in [5.41, 5.74) is 1.97. The molecule has 3 rings (SSSR count). The second-order valence-electron chi connectivity index (χ2n) is 7.59. The molecular formula is C22H31N3O5. The number of methoxy groups -OCH3 is 1. The fourth-order valence-corrected chi connectivity index (χ4v) is 3.97. The van der Waals surface area contributed by atoms with Crippen molar-refractivity contribution in [2.24, 2.45) is 0 Å². The number of H-pyrrole nitrogens is 1. The van der Waals surface area contributed by atoms with Crippen molar-refractivity contribution in [3.8, 4) is 0 Å². The lowest BCUT2D eigenvalue weighted by Crippen LogP contribution is -2.40. The number of esters is 1. The fourth-order valence-electron chi connectivity index (χ4n) is 3.97. The highest BCUT2D eigenvalue weighted by atomic mass is 16.6. The molecule has 8 heteroatoms. The first-order valence-corrected chi connectivity index (χ1v) is 10.4. The number of likely N-dealkylation sites (tertiary alicyclic amines) is 1. The third-order valence-corrected chi connectivity index (χ3v) is 5.55. The number of hydrogen-bond donors (Lipinski definition) is 2. The molecule has 0 radical (unpaired) electrons. The van der Waals surface area contributed by atoms with Crippen LogP contribution in [0.1, 0.15) is 63.2 Å². The molecule has 1 saturated heterocycles. The zero-order chi connectivity index (χ0) is 21.5. The van der Waals surface area contributed by atoms with E-state index in [4.69, 9.17) is 13.9 Å². The number of rotatable bonds is 9. The van der Waals surface area contributed by atoms with Crippen molar-refractivity contribution in [2.75, 3.05) is 40.0 Å². The predicted octanol–water partition coefficient (Wildman–Crippen LogP) is 2.98. The summed E-state index contributed by atoms with van der Waals surface area (Å²) in [4.78, 5) is 30.7. The lowest BCUT2D eigenvalue weighted by molar-refractivity contribution is 0.0387.